The number of H-pyrrole nitrogens is 1. The van der Waals surface area contributed by atoms with Gasteiger partial charge in [-0.3, -0.25) is 4.79 Å². The maximum absolute atomic E-state index is 15.5. The van der Waals surface area contributed by atoms with Crippen LogP contribution < -0.4 is 21.4 Å². The first-order valence-corrected chi connectivity index (χ1v) is 12.9. The highest BCUT2D eigenvalue weighted by atomic mass is 19.2. The molecule has 12 heteroatoms. The van der Waals surface area contributed by atoms with Gasteiger partial charge in [-0.25, -0.2) is 23.5 Å². The fraction of sp³-hybridized carbons (Fsp3) is 0.286. The van der Waals surface area contributed by atoms with E-state index in [0.717, 1.165) is 12.5 Å². The number of hydrogen-bond donors (Lipinski definition) is 4. The van der Waals surface area contributed by atoms with E-state index < -0.39 is 23.0 Å². The van der Waals surface area contributed by atoms with Crippen LogP contribution in [-0.4, -0.2) is 57.3 Å². The lowest BCUT2D eigenvalue weighted by Crippen LogP contribution is -2.28. The molecule has 2 aliphatic rings. The van der Waals surface area contributed by atoms with Crippen molar-refractivity contribution in [1.82, 2.24) is 19.5 Å². The lowest BCUT2D eigenvalue weighted by atomic mass is 10.0. The number of nitrogens with zero attached hydrogens (tertiary/aromatic N) is 4. The summed E-state index contributed by atoms with van der Waals surface area (Å²) >= 11 is 0. The summed E-state index contributed by atoms with van der Waals surface area (Å²) in [6.45, 7) is 1.83. The summed E-state index contributed by atoms with van der Waals surface area (Å²) < 4.78 is 31.8. The summed E-state index contributed by atoms with van der Waals surface area (Å²) in [5.74, 6) is -2.94. The summed E-state index contributed by atoms with van der Waals surface area (Å²) in [6, 6.07) is 2.69. The van der Waals surface area contributed by atoms with Crippen LogP contribution in [0.5, 0.6) is 0 Å². The number of nitrogens with one attached hydrogen (secondary N) is 2. The third kappa shape index (κ3) is 3.22. The van der Waals surface area contributed by atoms with Crippen LogP contribution in [0.3, 0.4) is 0 Å². The SMILES string of the molecule is CNc1cc(F)c(F)c2c1[nH]c1ncc(-c3cnc4c(c3)c(=O)c(C(=O)O)cn4C)c(N3CC4CC4(CN)C3)c12. The highest BCUT2D eigenvalue weighted by molar-refractivity contribution is 6.18. The molecule has 1 aliphatic heterocycles. The van der Waals surface area contributed by atoms with E-state index >= 15 is 4.39 Å². The number of aromatic carboxylic acids is 1. The van der Waals surface area contributed by atoms with E-state index in [0.29, 0.717) is 70.3 Å². The maximum Gasteiger partial charge on any atom is 0.341 e. The molecule has 5 heterocycles. The number of carboxylic acids is 1. The highest BCUT2D eigenvalue weighted by Crippen LogP contribution is 2.59. The van der Waals surface area contributed by atoms with Gasteiger partial charge in [0.15, 0.2) is 11.6 Å². The van der Waals surface area contributed by atoms with E-state index in [-0.39, 0.29) is 21.8 Å². The minimum absolute atomic E-state index is 0.0349. The Hall–Kier alpha value is -4.58. The van der Waals surface area contributed by atoms with Crippen LogP contribution in [0.2, 0.25) is 0 Å². The molecule has 1 saturated heterocycles. The maximum atomic E-state index is 15.5. The summed E-state index contributed by atoms with van der Waals surface area (Å²) in [6.07, 6.45) is 5.45. The average molecular weight is 546 g/mol. The number of aromatic nitrogens is 4. The van der Waals surface area contributed by atoms with Gasteiger partial charge in [0.2, 0.25) is 5.43 Å². The first-order chi connectivity index (χ1) is 19.2. The van der Waals surface area contributed by atoms with Crippen molar-refractivity contribution in [2.24, 2.45) is 24.1 Å². The van der Waals surface area contributed by atoms with Crippen molar-refractivity contribution in [3.63, 3.8) is 0 Å². The number of rotatable bonds is 5. The van der Waals surface area contributed by atoms with Gasteiger partial charge in [-0.15, -0.1) is 0 Å². The number of halogens is 2. The molecular weight excluding hydrogens is 520 g/mol. The van der Waals surface area contributed by atoms with Crippen molar-refractivity contribution in [2.75, 3.05) is 36.9 Å². The molecule has 0 amide bonds. The quantitative estimate of drug-likeness (QED) is 0.263. The molecule has 10 nitrogen and oxygen atoms in total. The number of aromatic amines is 1. The molecule has 40 heavy (non-hydrogen) atoms. The van der Waals surface area contributed by atoms with E-state index in [9.17, 15) is 19.1 Å². The zero-order valence-electron chi connectivity index (χ0n) is 21.7. The van der Waals surface area contributed by atoms with Gasteiger partial charge >= 0.3 is 5.97 Å². The van der Waals surface area contributed by atoms with Gasteiger partial charge in [-0.1, -0.05) is 0 Å². The number of carbonyl (C=O) groups is 1. The second kappa shape index (κ2) is 8.21. The zero-order valence-corrected chi connectivity index (χ0v) is 21.7. The van der Waals surface area contributed by atoms with E-state index in [2.05, 4.69) is 25.2 Å². The topological polar surface area (TPSA) is 142 Å². The normalized spacial score (nSPS) is 20.0. The Morgan fingerprint density at radius 3 is 2.77 bits per heavy atom. The van der Waals surface area contributed by atoms with Crippen LogP contribution in [0, 0.1) is 23.0 Å². The number of anilines is 2. The molecular formula is C28H25F2N7O3. The number of nitrogens with two attached hydrogens (primary N) is 1. The summed E-state index contributed by atoms with van der Waals surface area (Å²) in [4.78, 5) is 39.2. The molecule has 4 aromatic heterocycles. The first-order valence-electron chi connectivity index (χ1n) is 12.9. The van der Waals surface area contributed by atoms with E-state index in [1.807, 2.05) is 0 Å². The van der Waals surface area contributed by atoms with Crippen LogP contribution in [-0.2, 0) is 7.05 Å². The third-order valence-corrected chi connectivity index (χ3v) is 8.62. The number of pyridine rings is 3. The molecule has 0 spiro atoms. The van der Waals surface area contributed by atoms with Crippen LogP contribution >= 0.6 is 0 Å². The standard InChI is InChI=1S/C28H25F2N7O3/c1-32-18-4-17(29)21(30)19-20-23(37-8-13-5-28(13,10-31)11-37)15(7-33-25(20)35-22(18)19)12-3-14-24(38)16(27(39)40)9-36(2)26(14)34-6-12/h3-4,6-7,9,13,32H,5,8,10-11,31H2,1-2H3,(H,33,35)(H,39,40). The molecule has 5 aromatic rings. The third-order valence-electron chi connectivity index (χ3n) is 8.62. The van der Waals surface area contributed by atoms with Crippen LogP contribution in [0.25, 0.3) is 44.1 Å². The average Bonchev–Trinajstić information content (AvgIpc) is 3.29. The van der Waals surface area contributed by atoms with Crippen molar-refractivity contribution in [1.29, 1.82) is 0 Å². The summed E-state index contributed by atoms with van der Waals surface area (Å²) in [5.41, 5.74) is 8.24. The van der Waals surface area contributed by atoms with Crippen LogP contribution in [0.1, 0.15) is 16.8 Å². The molecule has 1 aliphatic carbocycles. The smallest absolute Gasteiger partial charge is 0.341 e. The fourth-order valence-corrected chi connectivity index (χ4v) is 6.42. The molecule has 1 saturated carbocycles. The molecule has 0 bridgehead atoms. The minimum atomic E-state index is -1.34. The van der Waals surface area contributed by atoms with Crippen molar-refractivity contribution in [2.45, 2.75) is 6.42 Å². The lowest BCUT2D eigenvalue weighted by molar-refractivity contribution is 0.0695. The molecule has 204 valence electrons. The first kappa shape index (κ1) is 24.5. The second-order valence-corrected chi connectivity index (χ2v) is 10.8. The van der Waals surface area contributed by atoms with E-state index in [1.165, 1.54) is 10.8 Å². The number of hydrogen-bond acceptors (Lipinski definition) is 7. The molecule has 5 N–H and O–H groups in total. The predicted molar refractivity (Wildman–Crippen MR) is 148 cm³/mol. The molecule has 2 unspecified atom stereocenters. The molecule has 0 radical (unpaired) electrons. The lowest BCUT2D eigenvalue weighted by Gasteiger charge is -2.26. The van der Waals surface area contributed by atoms with Gasteiger partial charge in [0.25, 0.3) is 0 Å². The Morgan fingerprint density at radius 1 is 1.27 bits per heavy atom. The predicted octanol–water partition coefficient (Wildman–Crippen LogP) is 3.43. The largest absolute Gasteiger partial charge is 0.477 e. The van der Waals surface area contributed by atoms with Crippen molar-refractivity contribution in [3.8, 4) is 11.1 Å². The molecule has 7 rings (SSSR count). The zero-order chi connectivity index (χ0) is 28.1. The number of fused-ring (bicyclic) bond motifs is 5. The van der Waals surface area contributed by atoms with E-state index in [4.69, 9.17) is 5.73 Å². The van der Waals surface area contributed by atoms with Gasteiger partial charge in [0.1, 0.15) is 16.9 Å². The van der Waals surface area contributed by atoms with Crippen molar-refractivity contribution in [3.05, 3.63) is 58.1 Å². The van der Waals surface area contributed by atoms with Crippen LogP contribution in [0.15, 0.2) is 35.5 Å². The summed E-state index contributed by atoms with van der Waals surface area (Å²) in [7, 11) is 3.24. The van der Waals surface area contributed by atoms with Gasteiger partial charge in [-0.2, -0.15) is 0 Å². The summed E-state index contributed by atoms with van der Waals surface area (Å²) in [5, 5.41) is 13.1. The number of piperidine rings is 1. The number of aryl methyl sites for hydroxylation is 1. The monoisotopic (exact) mass is 545 g/mol. The Kier molecular flexibility index (Phi) is 5.02. The number of benzene rings is 1. The fourth-order valence-electron chi connectivity index (χ4n) is 6.42. The molecule has 1 aromatic carbocycles. The minimum Gasteiger partial charge on any atom is -0.477 e. The highest BCUT2D eigenvalue weighted by Gasteiger charge is 2.59. The van der Waals surface area contributed by atoms with Crippen LogP contribution in [0.4, 0.5) is 20.2 Å². The van der Waals surface area contributed by atoms with Crippen molar-refractivity contribution < 1.29 is 18.7 Å². The van der Waals surface area contributed by atoms with Gasteiger partial charge in [0, 0.05) is 68.4 Å². The van der Waals surface area contributed by atoms with Crippen molar-refractivity contribution >= 4 is 50.3 Å². The Labute approximate surface area is 225 Å². The van der Waals surface area contributed by atoms with Gasteiger partial charge < -0.3 is 30.6 Å². The Bertz CT molecular complexity index is 1980. The second-order valence-electron chi connectivity index (χ2n) is 10.8. The Morgan fingerprint density at radius 2 is 2.08 bits per heavy atom. The molecule has 2 atom stereocenters. The van der Waals surface area contributed by atoms with E-state index in [1.54, 1.807) is 32.6 Å². The van der Waals surface area contributed by atoms with Gasteiger partial charge in [0.05, 0.1) is 33.1 Å². The Balaban J connectivity index is 1.56. The molecule has 2 fully saturated rings. The number of carboxylic acid groups (broad SMARTS) is 1. The van der Waals surface area contributed by atoms with Gasteiger partial charge in [-0.05, 0) is 24.9 Å².